The van der Waals surface area contributed by atoms with Crippen molar-refractivity contribution in [2.75, 3.05) is 18.8 Å². The molecule has 1 amide bonds. The number of anilines is 1. The van der Waals surface area contributed by atoms with Crippen LogP contribution in [0.2, 0.25) is 0 Å². The fraction of sp³-hybridized carbons (Fsp3) is 0.333. The highest BCUT2D eigenvalue weighted by Gasteiger charge is 2.15. The Morgan fingerprint density at radius 1 is 1.27 bits per heavy atom. The molecule has 3 aromatic heterocycles. The van der Waals surface area contributed by atoms with Gasteiger partial charge in [-0.1, -0.05) is 19.9 Å². The molecule has 8 heteroatoms. The first-order valence-electron chi connectivity index (χ1n) is 8.64. The Morgan fingerprint density at radius 2 is 2.08 bits per heavy atom. The van der Waals surface area contributed by atoms with E-state index in [2.05, 4.69) is 39.1 Å². The van der Waals surface area contributed by atoms with Gasteiger partial charge < -0.3 is 11.1 Å². The van der Waals surface area contributed by atoms with Crippen molar-refractivity contribution in [3.8, 4) is 0 Å². The lowest BCUT2D eigenvalue weighted by Gasteiger charge is -2.17. The summed E-state index contributed by atoms with van der Waals surface area (Å²) < 4.78 is 1.65. The molecule has 0 atom stereocenters. The van der Waals surface area contributed by atoms with Gasteiger partial charge in [-0.2, -0.15) is 5.10 Å². The SMILES string of the molecule is CCN(CC)Cc1cnc2c(C(=O)NCc3cccnc3N)cnn2c1. The zero-order valence-electron chi connectivity index (χ0n) is 15.0. The van der Waals surface area contributed by atoms with Gasteiger partial charge in [0, 0.05) is 42.8 Å². The first kappa shape index (κ1) is 17.8. The average Bonchev–Trinajstić information content (AvgIpc) is 3.08. The van der Waals surface area contributed by atoms with E-state index in [0.29, 0.717) is 23.6 Å². The van der Waals surface area contributed by atoms with Crippen molar-refractivity contribution in [1.29, 1.82) is 0 Å². The molecule has 0 saturated carbocycles. The van der Waals surface area contributed by atoms with Crippen LogP contribution >= 0.6 is 0 Å². The summed E-state index contributed by atoms with van der Waals surface area (Å²) in [5.41, 5.74) is 8.59. The number of carbonyl (C=O) groups excluding carboxylic acids is 1. The van der Waals surface area contributed by atoms with Crippen LogP contribution in [0.3, 0.4) is 0 Å². The largest absolute Gasteiger partial charge is 0.383 e. The molecule has 0 unspecified atom stereocenters. The second-order valence-electron chi connectivity index (χ2n) is 5.98. The lowest BCUT2D eigenvalue weighted by Crippen LogP contribution is -2.24. The van der Waals surface area contributed by atoms with E-state index in [9.17, 15) is 4.79 Å². The normalized spacial score (nSPS) is 11.2. The van der Waals surface area contributed by atoms with Crippen LogP contribution in [0.25, 0.3) is 5.65 Å². The number of carbonyl (C=O) groups is 1. The molecule has 8 nitrogen and oxygen atoms in total. The van der Waals surface area contributed by atoms with E-state index < -0.39 is 0 Å². The summed E-state index contributed by atoms with van der Waals surface area (Å²) >= 11 is 0. The molecule has 0 spiro atoms. The average molecular weight is 353 g/mol. The van der Waals surface area contributed by atoms with Crippen molar-refractivity contribution in [1.82, 2.24) is 29.8 Å². The Hall–Kier alpha value is -3.00. The number of nitrogens with two attached hydrogens (primary N) is 1. The lowest BCUT2D eigenvalue weighted by molar-refractivity contribution is 0.0952. The maximum Gasteiger partial charge on any atom is 0.257 e. The molecular formula is C18H23N7O. The van der Waals surface area contributed by atoms with E-state index >= 15 is 0 Å². The molecule has 0 saturated heterocycles. The summed E-state index contributed by atoms with van der Waals surface area (Å²) in [7, 11) is 0. The van der Waals surface area contributed by atoms with E-state index in [-0.39, 0.29) is 5.91 Å². The van der Waals surface area contributed by atoms with Crippen LogP contribution in [0.4, 0.5) is 5.82 Å². The van der Waals surface area contributed by atoms with Crippen LogP contribution < -0.4 is 11.1 Å². The van der Waals surface area contributed by atoms with Gasteiger partial charge in [-0.05, 0) is 19.2 Å². The highest BCUT2D eigenvalue weighted by molar-refractivity contribution is 5.99. The zero-order valence-corrected chi connectivity index (χ0v) is 15.0. The third-order valence-electron chi connectivity index (χ3n) is 4.32. The van der Waals surface area contributed by atoms with E-state index in [1.807, 2.05) is 12.3 Å². The molecule has 0 bridgehead atoms. The second kappa shape index (κ2) is 7.92. The molecule has 3 rings (SSSR count). The van der Waals surface area contributed by atoms with Crippen molar-refractivity contribution in [2.24, 2.45) is 0 Å². The number of amides is 1. The standard InChI is InChI=1S/C18H23N7O/c1-3-24(4-2)11-13-8-21-17-15(10-23-25(17)12-13)18(26)22-9-14-6-5-7-20-16(14)19/h5-8,10,12H,3-4,9,11H2,1-2H3,(H2,19,20)(H,22,26). The summed E-state index contributed by atoms with van der Waals surface area (Å²) in [6, 6.07) is 3.61. The molecule has 3 aromatic rings. The molecule has 26 heavy (non-hydrogen) atoms. The molecular weight excluding hydrogens is 330 g/mol. The highest BCUT2D eigenvalue weighted by Crippen LogP contribution is 2.12. The third kappa shape index (κ3) is 3.80. The van der Waals surface area contributed by atoms with Gasteiger partial charge in [0.05, 0.1) is 6.20 Å². The lowest BCUT2D eigenvalue weighted by atomic mass is 10.2. The fourth-order valence-electron chi connectivity index (χ4n) is 2.73. The van der Waals surface area contributed by atoms with Crippen LogP contribution in [0.15, 0.2) is 36.9 Å². The number of aromatic nitrogens is 4. The monoisotopic (exact) mass is 353 g/mol. The summed E-state index contributed by atoms with van der Waals surface area (Å²) in [5.74, 6) is 0.166. The Kier molecular flexibility index (Phi) is 5.43. The molecule has 0 aliphatic carbocycles. The van der Waals surface area contributed by atoms with Crippen LogP contribution in [0, 0.1) is 0 Å². The van der Waals surface area contributed by atoms with Crippen LogP contribution in [-0.2, 0) is 13.1 Å². The molecule has 0 aromatic carbocycles. The first-order valence-corrected chi connectivity index (χ1v) is 8.64. The highest BCUT2D eigenvalue weighted by atomic mass is 16.1. The molecule has 0 aliphatic heterocycles. The number of hydrogen-bond acceptors (Lipinski definition) is 6. The minimum Gasteiger partial charge on any atom is -0.383 e. The zero-order chi connectivity index (χ0) is 18.5. The summed E-state index contributed by atoms with van der Waals surface area (Å²) in [6.07, 6.45) is 6.86. The smallest absolute Gasteiger partial charge is 0.257 e. The van der Waals surface area contributed by atoms with E-state index in [4.69, 9.17) is 5.73 Å². The van der Waals surface area contributed by atoms with Gasteiger partial charge in [0.1, 0.15) is 11.4 Å². The van der Waals surface area contributed by atoms with Gasteiger partial charge in [0.2, 0.25) is 0 Å². The number of nitrogen functional groups attached to an aromatic ring is 1. The number of pyridine rings is 1. The van der Waals surface area contributed by atoms with Crippen molar-refractivity contribution in [3.63, 3.8) is 0 Å². The predicted octanol–water partition coefficient (Wildman–Crippen LogP) is 1.48. The van der Waals surface area contributed by atoms with E-state index in [1.165, 1.54) is 6.20 Å². The van der Waals surface area contributed by atoms with Crippen LogP contribution in [0.5, 0.6) is 0 Å². The van der Waals surface area contributed by atoms with Gasteiger partial charge in [0.15, 0.2) is 5.65 Å². The Bertz CT molecular complexity index is 901. The van der Waals surface area contributed by atoms with E-state index in [1.54, 1.807) is 23.0 Å². The quantitative estimate of drug-likeness (QED) is 0.667. The van der Waals surface area contributed by atoms with Gasteiger partial charge in [0.25, 0.3) is 5.91 Å². The minimum absolute atomic E-state index is 0.243. The van der Waals surface area contributed by atoms with Crippen LogP contribution in [-0.4, -0.2) is 43.5 Å². The Labute approximate surface area is 152 Å². The Balaban J connectivity index is 1.74. The second-order valence-corrected chi connectivity index (χ2v) is 5.98. The summed E-state index contributed by atoms with van der Waals surface area (Å²) in [5, 5.41) is 7.11. The summed E-state index contributed by atoms with van der Waals surface area (Å²) in [4.78, 5) is 23.2. The molecule has 3 N–H and O–H groups in total. The molecule has 0 fully saturated rings. The van der Waals surface area contributed by atoms with Gasteiger partial charge in [-0.25, -0.2) is 14.5 Å². The fourth-order valence-corrected chi connectivity index (χ4v) is 2.73. The van der Waals surface area contributed by atoms with Crippen molar-refractivity contribution in [2.45, 2.75) is 26.9 Å². The van der Waals surface area contributed by atoms with Gasteiger partial charge in [-0.15, -0.1) is 0 Å². The van der Waals surface area contributed by atoms with E-state index in [0.717, 1.165) is 30.8 Å². The minimum atomic E-state index is -0.243. The number of hydrogen-bond donors (Lipinski definition) is 2. The van der Waals surface area contributed by atoms with Crippen molar-refractivity contribution >= 4 is 17.4 Å². The number of rotatable bonds is 7. The van der Waals surface area contributed by atoms with Gasteiger partial charge in [-0.3, -0.25) is 9.69 Å². The first-order chi connectivity index (χ1) is 12.6. The number of nitrogens with zero attached hydrogens (tertiary/aromatic N) is 5. The molecule has 3 heterocycles. The third-order valence-corrected chi connectivity index (χ3v) is 4.32. The van der Waals surface area contributed by atoms with Crippen molar-refractivity contribution < 1.29 is 4.79 Å². The predicted molar refractivity (Wildman–Crippen MR) is 99.4 cm³/mol. The maximum atomic E-state index is 12.5. The Morgan fingerprint density at radius 3 is 2.81 bits per heavy atom. The number of fused-ring (bicyclic) bond motifs is 1. The van der Waals surface area contributed by atoms with Crippen LogP contribution in [0.1, 0.15) is 35.3 Å². The molecule has 0 radical (unpaired) electrons. The topological polar surface area (TPSA) is 101 Å². The van der Waals surface area contributed by atoms with Crippen molar-refractivity contribution in [3.05, 3.63) is 53.6 Å². The maximum absolute atomic E-state index is 12.5. The van der Waals surface area contributed by atoms with Gasteiger partial charge >= 0.3 is 0 Å². The molecule has 0 aliphatic rings. The molecule has 136 valence electrons. The number of nitrogens with one attached hydrogen (secondary N) is 1. The summed E-state index contributed by atoms with van der Waals surface area (Å²) in [6.45, 7) is 7.30.